The molecule has 1 heterocycles. The minimum Gasteiger partial charge on any atom is -0.364 e. The second-order valence-electron chi connectivity index (χ2n) is 3.88. The van der Waals surface area contributed by atoms with E-state index in [1.54, 1.807) is 14.1 Å². The van der Waals surface area contributed by atoms with Crippen LogP contribution in [0, 0.1) is 10.1 Å². The maximum atomic E-state index is 12.1. The molecule has 0 aliphatic rings. The Balaban J connectivity index is 3.23. The monoisotopic (exact) mass is 413 g/mol. The highest BCUT2D eigenvalue weighted by molar-refractivity contribution is 8.74. The molecule has 0 atom stereocenters. The predicted octanol–water partition coefficient (Wildman–Crippen LogP) is 3.46. The molecule has 0 radical (unpaired) electrons. The lowest BCUT2D eigenvalue weighted by atomic mass is 10.5. The fourth-order valence-corrected chi connectivity index (χ4v) is 6.78. The second kappa shape index (κ2) is 6.55. The SMILES string of the molecule is CN(C)c1sc(N(C)S(=O)(=O)SC(Cl)(Cl)Cl)cc1[N+](=O)[O-]. The van der Waals surface area contributed by atoms with Gasteiger partial charge in [-0.2, -0.15) is 8.42 Å². The Morgan fingerprint density at radius 3 is 2.19 bits per heavy atom. The van der Waals surface area contributed by atoms with Crippen LogP contribution in [0.4, 0.5) is 15.7 Å². The van der Waals surface area contributed by atoms with Crippen molar-refractivity contribution < 1.29 is 13.3 Å². The number of hydrogen-bond acceptors (Lipinski definition) is 7. The van der Waals surface area contributed by atoms with E-state index in [0.29, 0.717) is 5.00 Å². The smallest absolute Gasteiger partial charge is 0.305 e. The van der Waals surface area contributed by atoms with Gasteiger partial charge in [-0.1, -0.05) is 46.1 Å². The van der Waals surface area contributed by atoms with Crippen molar-refractivity contribution in [1.82, 2.24) is 0 Å². The summed E-state index contributed by atoms with van der Waals surface area (Å²) < 4.78 is 22.9. The predicted molar refractivity (Wildman–Crippen MR) is 90.5 cm³/mol. The zero-order chi connectivity index (χ0) is 16.6. The van der Waals surface area contributed by atoms with Crippen molar-refractivity contribution in [3.63, 3.8) is 0 Å². The Kier molecular flexibility index (Phi) is 5.90. The number of thiophene rings is 1. The number of rotatable bonds is 5. The molecule has 1 aromatic heterocycles. The Bertz CT molecular complexity index is 641. The van der Waals surface area contributed by atoms with Crippen LogP contribution in [0.25, 0.3) is 0 Å². The van der Waals surface area contributed by atoms with Gasteiger partial charge in [-0.3, -0.25) is 14.4 Å². The summed E-state index contributed by atoms with van der Waals surface area (Å²) in [6.45, 7) is 0. The number of nitro groups is 1. The van der Waals surface area contributed by atoms with Crippen molar-refractivity contribution in [2.75, 3.05) is 30.3 Å². The number of nitrogens with zero attached hydrogens (tertiary/aromatic N) is 3. The van der Waals surface area contributed by atoms with Gasteiger partial charge in [-0.25, -0.2) is 0 Å². The molecule has 0 saturated carbocycles. The third-order valence-corrected chi connectivity index (χ3v) is 8.45. The second-order valence-corrected chi connectivity index (χ2v) is 11.8. The number of hydrogen-bond donors (Lipinski definition) is 0. The van der Waals surface area contributed by atoms with E-state index in [-0.39, 0.29) is 21.5 Å². The Morgan fingerprint density at radius 2 is 1.86 bits per heavy atom. The highest BCUT2D eigenvalue weighted by atomic mass is 35.6. The van der Waals surface area contributed by atoms with Crippen LogP contribution in [0.2, 0.25) is 0 Å². The summed E-state index contributed by atoms with van der Waals surface area (Å²) in [6.07, 6.45) is 0. The fraction of sp³-hybridized carbons (Fsp3) is 0.500. The van der Waals surface area contributed by atoms with E-state index < -0.39 is 17.1 Å². The van der Waals surface area contributed by atoms with E-state index in [1.165, 1.54) is 11.9 Å². The van der Waals surface area contributed by atoms with Gasteiger partial charge in [-0.15, -0.1) is 0 Å². The molecule has 0 fully saturated rings. The van der Waals surface area contributed by atoms with Gasteiger partial charge in [0.05, 0.1) is 11.0 Å². The van der Waals surface area contributed by atoms with E-state index in [2.05, 4.69) is 0 Å². The third kappa shape index (κ3) is 4.93. The molecule has 0 unspecified atom stereocenters. The molecular weight excluding hydrogens is 405 g/mol. The maximum absolute atomic E-state index is 12.1. The minimum absolute atomic E-state index is 0.112. The summed E-state index contributed by atoms with van der Waals surface area (Å²) in [4.78, 5) is 11.9. The van der Waals surface area contributed by atoms with Gasteiger partial charge < -0.3 is 4.90 Å². The van der Waals surface area contributed by atoms with Gasteiger partial charge >= 0.3 is 5.69 Å². The van der Waals surface area contributed by atoms with Gasteiger partial charge in [0.15, 0.2) is 5.00 Å². The van der Waals surface area contributed by atoms with Crippen molar-refractivity contribution in [2.24, 2.45) is 0 Å². The molecule has 1 rings (SSSR count). The molecule has 0 aliphatic heterocycles. The Labute approximate surface area is 144 Å². The molecule has 0 aromatic carbocycles. The minimum atomic E-state index is -4.00. The lowest BCUT2D eigenvalue weighted by molar-refractivity contribution is -0.383. The fourth-order valence-electron chi connectivity index (χ4n) is 1.25. The third-order valence-electron chi connectivity index (χ3n) is 2.13. The quantitative estimate of drug-likeness (QED) is 0.317. The first-order valence-electron chi connectivity index (χ1n) is 5.07. The molecule has 0 aliphatic carbocycles. The van der Waals surface area contributed by atoms with E-state index >= 15 is 0 Å². The van der Waals surface area contributed by atoms with Gasteiger partial charge in [0.2, 0.25) is 0 Å². The molecule has 0 spiro atoms. The Hall–Kier alpha value is -0.130. The van der Waals surface area contributed by atoms with Crippen LogP contribution in [-0.4, -0.2) is 37.6 Å². The molecule has 1 aromatic rings. The highest BCUT2D eigenvalue weighted by Crippen LogP contribution is 2.47. The number of anilines is 2. The molecule has 0 amide bonds. The molecule has 21 heavy (non-hydrogen) atoms. The highest BCUT2D eigenvalue weighted by Gasteiger charge is 2.35. The molecular formula is C8H10Cl3N3O4S3. The van der Waals surface area contributed by atoms with Crippen LogP contribution in [-0.2, 0) is 9.06 Å². The number of halogens is 3. The molecule has 0 saturated heterocycles. The van der Waals surface area contributed by atoms with Crippen molar-refractivity contribution in [2.45, 2.75) is 3.12 Å². The molecule has 7 nitrogen and oxygen atoms in total. The normalized spacial score (nSPS) is 12.3. The van der Waals surface area contributed by atoms with E-state index in [0.717, 1.165) is 21.7 Å². The first-order valence-corrected chi connectivity index (χ1v) is 9.79. The molecule has 0 bridgehead atoms. The van der Waals surface area contributed by atoms with Crippen molar-refractivity contribution >= 4 is 81.7 Å². The van der Waals surface area contributed by atoms with Gasteiger partial charge in [0, 0.05) is 31.9 Å². The number of alkyl halides is 3. The van der Waals surface area contributed by atoms with E-state index in [4.69, 9.17) is 34.8 Å². The van der Waals surface area contributed by atoms with Crippen molar-refractivity contribution in [3.05, 3.63) is 16.2 Å². The standard InChI is InChI=1S/C8H10Cl3N3O4S3/c1-12(2)7-5(14(15)16)4-6(19-7)13(3)21(17,18)20-8(9,10)11/h4H,1-3H3. The van der Waals surface area contributed by atoms with Crippen LogP contribution in [0.1, 0.15) is 0 Å². The average molecular weight is 415 g/mol. The topological polar surface area (TPSA) is 83.8 Å². The van der Waals surface area contributed by atoms with Crippen LogP contribution in [0.3, 0.4) is 0 Å². The average Bonchev–Trinajstić information content (AvgIpc) is 2.69. The van der Waals surface area contributed by atoms with Gasteiger partial charge in [0.25, 0.3) is 12.2 Å². The van der Waals surface area contributed by atoms with Crippen molar-refractivity contribution in [3.8, 4) is 0 Å². The van der Waals surface area contributed by atoms with Gasteiger partial charge in [-0.05, 0) is 0 Å². The Morgan fingerprint density at radius 1 is 1.33 bits per heavy atom. The summed E-state index contributed by atoms with van der Waals surface area (Å²) >= 11 is 17.3. The maximum Gasteiger partial charge on any atom is 0.305 e. The van der Waals surface area contributed by atoms with E-state index in [1.807, 2.05) is 0 Å². The van der Waals surface area contributed by atoms with Crippen LogP contribution in [0.15, 0.2) is 6.07 Å². The lowest BCUT2D eigenvalue weighted by Gasteiger charge is -2.19. The zero-order valence-corrected chi connectivity index (χ0v) is 15.6. The van der Waals surface area contributed by atoms with Crippen molar-refractivity contribution in [1.29, 1.82) is 0 Å². The molecule has 0 N–H and O–H groups in total. The van der Waals surface area contributed by atoms with Gasteiger partial charge in [0.1, 0.15) is 5.00 Å². The summed E-state index contributed by atoms with van der Waals surface area (Å²) in [7, 11) is 0.575. The zero-order valence-electron chi connectivity index (χ0n) is 10.9. The van der Waals surface area contributed by atoms with Crippen LogP contribution < -0.4 is 9.21 Å². The van der Waals surface area contributed by atoms with Crippen LogP contribution >= 0.6 is 56.9 Å². The van der Waals surface area contributed by atoms with E-state index in [9.17, 15) is 18.5 Å². The van der Waals surface area contributed by atoms with Crippen LogP contribution in [0.5, 0.6) is 0 Å². The molecule has 120 valence electrons. The first kappa shape index (κ1) is 18.9. The summed E-state index contributed by atoms with van der Waals surface area (Å²) in [5, 5.41) is 11.5. The summed E-state index contributed by atoms with van der Waals surface area (Å²) in [5.41, 5.74) is -0.194. The first-order chi connectivity index (χ1) is 9.35. The summed E-state index contributed by atoms with van der Waals surface area (Å²) in [5.74, 6) is 0. The molecule has 13 heteroatoms. The summed E-state index contributed by atoms with van der Waals surface area (Å²) in [6, 6.07) is 1.16. The largest absolute Gasteiger partial charge is 0.364 e. The lowest BCUT2D eigenvalue weighted by Crippen LogP contribution is -2.24.